The number of methoxy groups -OCH3 is 1. The monoisotopic (exact) mass is 302 g/mol. The summed E-state index contributed by atoms with van der Waals surface area (Å²) in [6, 6.07) is 16.5. The first-order valence-corrected chi connectivity index (χ1v) is 7.09. The number of carbonyl (C=O) groups is 1. The number of aromatic amines is 1. The minimum Gasteiger partial charge on any atom is -0.497 e. The van der Waals surface area contributed by atoms with Gasteiger partial charge in [-0.2, -0.15) is 5.26 Å². The highest BCUT2D eigenvalue weighted by atomic mass is 16.5. The van der Waals surface area contributed by atoms with Crippen LogP contribution in [-0.2, 0) is 0 Å². The fraction of sp³-hybridized carbons (Fsp3) is 0.0526. The largest absolute Gasteiger partial charge is 0.497 e. The number of ketones is 1. The molecule has 1 N–H and O–H groups in total. The summed E-state index contributed by atoms with van der Waals surface area (Å²) in [5.74, 6) is 0.261. The third kappa shape index (κ3) is 2.85. The van der Waals surface area contributed by atoms with E-state index >= 15 is 0 Å². The second-order valence-electron chi connectivity index (χ2n) is 5.02. The number of hydrogen-bond acceptors (Lipinski definition) is 3. The summed E-state index contributed by atoms with van der Waals surface area (Å²) in [6.45, 7) is 0. The maximum Gasteiger partial charge on any atom is 0.203 e. The topological polar surface area (TPSA) is 65.9 Å². The Morgan fingerprint density at radius 2 is 2.04 bits per heavy atom. The molecule has 0 aliphatic heterocycles. The van der Waals surface area contributed by atoms with E-state index < -0.39 is 0 Å². The van der Waals surface area contributed by atoms with E-state index in [0.717, 1.165) is 16.5 Å². The van der Waals surface area contributed by atoms with Gasteiger partial charge in [0.25, 0.3) is 0 Å². The van der Waals surface area contributed by atoms with Crippen molar-refractivity contribution in [1.29, 1.82) is 5.26 Å². The van der Waals surface area contributed by atoms with Crippen LogP contribution in [-0.4, -0.2) is 17.9 Å². The molecule has 0 unspecified atom stereocenters. The quantitative estimate of drug-likeness (QED) is 0.450. The summed E-state index contributed by atoms with van der Waals surface area (Å²) < 4.78 is 5.12. The lowest BCUT2D eigenvalue weighted by molar-refractivity contribution is 0.103. The molecule has 0 bridgehead atoms. The van der Waals surface area contributed by atoms with Gasteiger partial charge in [-0.25, -0.2) is 0 Å². The number of aromatic nitrogens is 1. The van der Waals surface area contributed by atoms with Gasteiger partial charge < -0.3 is 9.72 Å². The van der Waals surface area contributed by atoms with Gasteiger partial charge in [0.2, 0.25) is 5.78 Å². The molecule has 4 nitrogen and oxygen atoms in total. The molecule has 3 aromatic rings. The van der Waals surface area contributed by atoms with E-state index in [9.17, 15) is 10.1 Å². The summed E-state index contributed by atoms with van der Waals surface area (Å²) in [6.07, 6.45) is 3.40. The summed E-state index contributed by atoms with van der Waals surface area (Å²) in [7, 11) is 1.54. The van der Waals surface area contributed by atoms with Crippen LogP contribution in [0.15, 0.2) is 60.3 Å². The summed E-state index contributed by atoms with van der Waals surface area (Å²) in [4.78, 5) is 15.7. The van der Waals surface area contributed by atoms with Crippen LogP contribution >= 0.6 is 0 Å². The number of nitrogens with zero attached hydrogens (tertiary/aromatic N) is 1. The molecule has 0 radical (unpaired) electrons. The average Bonchev–Trinajstić information content (AvgIpc) is 3.02. The lowest BCUT2D eigenvalue weighted by atomic mass is 10.0. The van der Waals surface area contributed by atoms with Crippen molar-refractivity contribution >= 4 is 22.8 Å². The van der Waals surface area contributed by atoms with Crippen LogP contribution < -0.4 is 4.74 Å². The molecule has 0 spiro atoms. The molecule has 1 heterocycles. The van der Waals surface area contributed by atoms with Gasteiger partial charge in [-0.15, -0.1) is 0 Å². The van der Waals surface area contributed by atoms with Gasteiger partial charge in [0, 0.05) is 28.2 Å². The van der Waals surface area contributed by atoms with E-state index in [-0.39, 0.29) is 11.4 Å². The number of para-hydroxylation sites is 1. The molecule has 4 heteroatoms. The van der Waals surface area contributed by atoms with Gasteiger partial charge in [-0.05, 0) is 24.3 Å². The number of carbonyl (C=O) groups excluding carboxylic acids is 1. The highest BCUT2D eigenvalue weighted by Gasteiger charge is 2.14. The molecule has 112 valence electrons. The molecule has 0 amide bonds. The normalized spacial score (nSPS) is 11.2. The molecule has 23 heavy (non-hydrogen) atoms. The van der Waals surface area contributed by atoms with E-state index in [2.05, 4.69) is 4.98 Å². The van der Waals surface area contributed by atoms with E-state index in [1.165, 1.54) is 7.11 Å². The number of fused-ring (bicyclic) bond motifs is 1. The third-order valence-electron chi connectivity index (χ3n) is 3.62. The highest BCUT2D eigenvalue weighted by molar-refractivity contribution is 6.14. The van der Waals surface area contributed by atoms with Gasteiger partial charge in [-0.3, -0.25) is 4.79 Å². The van der Waals surface area contributed by atoms with Crippen LogP contribution in [0, 0.1) is 11.3 Å². The van der Waals surface area contributed by atoms with E-state index in [1.807, 2.05) is 30.3 Å². The average molecular weight is 302 g/mol. The smallest absolute Gasteiger partial charge is 0.203 e. The number of hydrogen-bond donors (Lipinski definition) is 1. The highest BCUT2D eigenvalue weighted by Crippen LogP contribution is 2.22. The van der Waals surface area contributed by atoms with Gasteiger partial charge in [-0.1, -0.05) is 30.3 Å². The molecule has 0 saturated carbocycles. The summed E-state index contributed by atoms with van der Waals surface area (Å²) >= 11 is 0. The summed E-state index contributed by atoms with van der Waals surface area (Å²) in [5.41, 5.74) is 2.29. The minimum atomic E-state index is -0.323. The molecule has 2 aromatic carbocycles. The van der Waals surface area contributed by atoms with E-state index in [0.29, 0.717) is 11.3 Å². The van der Waals surface area contributed by atoms with Crippen molar-refractivity contribution in [3.05, 3.63) is 71.4 Å². The van der Waals surface area contributed by atoms with Gasteiger partial charge >= 0.3 is 0 Å². The van der Waals surface area contributed by atoms with Gasteiger partial charge in [0.1, 0.15) is 17.4 Å². The lowest BCUT2D eigenvalue weighted by Crippen LogP contribution is -2.02. The Hall–Kier alpha value is -3.32. The Balaban J connectivity index is 2.02. The van der Waals surface area contributed by atoms with Crippen LogP contribution in [0.5, 0.6) is 5.75 Å². The number of nitriles is 1. The fourth-order valence-electron chi connectivity index (χ4n) is 2.44. The Morgan fingerprint density at radius 3 is 2.83 bits per heavy atom. The first-order valence-electron chi connectivity index (χ1n) is 7.09. The molecular formula is C19H14N2O2. The van der Waals surface area contributed by atoms with Crippen molar-refractivity contribution in [1.82, 2.24) is 4.98 Å². The van der Waals surface area contributed by atoms with Crippen molar-refractivity contribution in [2.24, 2.45) is 0 Å². The standard InChI is InChI=1S/C19H14N2O2/c1-23-16-6-4-5-13(10-16)19(22)14(11-20)9-15-12-21-18-8-3-2-7-17(15)18/h2-10,12,21H,1H3/b14-9+. The second kappa shape index (κ2) is 6.20. The molecule has 1 aromatic heterocycles. The zero-order valence-electron chi connectivity index (χ0n) is 12.5. The Labute approximate surface area is 133 Å². The first-order chi connectivity index (χ1) is 11.2. The summed E-state index contributed by atoms with van der Waals surface area (Å²) in [5, 5.41) is 10.3. The lowest BCUT2D eigenvalue weighted by Gasteiger charge is -2.03. The number of Topliss-reactive ketones (excluding diaryl/α,β-unsaturated/α-hetero) is 1. The second-order valence-corrected chi connectivity index (χ2v) is 5.02. The number of rotatable bonds is 4. The van der Waals surface area contributed by atoms with Crippen molar-refractivity contribution in [2.75, 3.05) is 7.11 Å². The van der Waals surface area contributed by atoms with Crippen molar-refractivity contribution in [3.8, 4) is 11.8 Å². The number of benzene rings is 2. The van der Waals surface area contributed by atoms with Crippen LogP contribution in [0.25, 0.3) is 17.0 Å². The molecule has 0 aliphatic carbocycles. The van der Waals surface area contributed by atoms with Crippen LogP contribution in [0.3, 0.4) is 0 Å². The first kappa shape index (κ1) is 14.6. The van der Waals surface area contributed by atoms with E-state index in [4.69, 9.17) is 4.74 Å². The number of ether oxygens (including phenoxy) is 1. The minimum absolute atomic E-state index is 0.0861. The predicted octanol–water partition coefficient (Wildman–Crippen LogP) is 3.97. The molecule has 0 atom stereocenters. The zero-order valence-corrected chi connectivity index (χ0v) is 12.5. The van der Waals surface area contributed by atoms with Crippen molar-refractivity contribution in [3.63, 3.8) is 0 Å². The van der Waals surface area contributed by atoms with Gasteiger partial charge in [0.15, 0.2) is 0 Å². The van der Waals surface area contributed by atoms with Crippen molar-refractivity contribution < 1.29 is 9.53 Å². The number of H-pyrrole nitrogens is 1. The maximum absolute atomic E-state index is 12.5. The zero-order chi connectivity index (χ0) is 16.2. The molecule has 3 rings (SSSR count). The predicted molar refractivity (Wildman–Crippen MR) is 89.2 cm³/mol. The van der Waals surface area contributed by atoms with Crippen LogP contribution in [0.4, 0.5) is 0 Å². The van der Waals surface area contributed by atoms with Crippen molar-refractivity contribution in [2.45, 2.75) is 0 Å². The molecule has 0 aliphatic rings. The van der Waals surface area contributed by atoms with Crippen LogP contribution in [0.1, 0.15) is 15.9 Å². The number of allylic oxidation sites excluding steroid dienone is 1. The third-order valence-corrected chi connectivity index (χ3v) is 3.62. The number of nitrogens with one attached hydrogen (secondary N) is 1. The maximum atomic E-state index is 12.5. The Kier molecular flexibility index (Phi) is 3.94. The Bertz CT molecular complexity index is 945. The fourth-order valence-corrected chi connectivity index (χ4v) is 2.44. The molecule has 0 fully saturated rings. The Morgan fingerprint density at radius 1 is 1.22 bits per heavy atom. The van der Waals surface area contributed by atoms with E-state index in [1.54, 1.807) is 36.5 Å². The van der Waals surface area contributed by atoms with Crippen LogP contribution in [0.2, 0.25) is 0 Å². The SMILES string of the molecule is COc1cccc(C(=O)/C(C#N)=C/c2c[nH]c3ccccc23)c1. The molecular weight excluding hydrogens is 288 g/mol. The molecule has 0 saturated heterocycles. The van der Waals surface area contributed by atoms with Gasteiger partial charge in [0.05, 0.1) is 7.11 Å².